The molecule has 20 heavy (non-hydrogen) atoms. The lowest BCUT2D eigenvalue weighted by Gasteiger charge is -2.35. The Bertz CT molecular complexity index is 353. The first-order valence-corrected chi connectivity index (χ1v) is 7.26. The zero-order valence-corrected chi connectivity index (χ0v) is 13.1. The van der Waals surface area contributed by atoms with E-state index in [1.54, 1.807) is 6.92 Å². The van der Waals surface area contributed by atoms with E-state index in [4.69, 9.17) is 0 Å². The van der Waals surface area contributed by atoms with Gasteiger partial charge in [-0.25, -0.2) is 0 Å². The van der Waals surface area contributed by atoms with Crippen molar-refractivity contribution in [1.82, 2.24) is 0 Å². The predicted octanol–water partition coefficient (Wildman–Crippen LogP) is 2.43. The molecular formula is C16H27NO3. The normalized spacial score (nSPS) is 10.4. The van der Waals surface area contributed by atoms with Gasteiger partial charge in [-0.3, -0.25) is 0 Å². The van der Waals surface area contributed by atoms with Gasteiger partial charge in [0, 0.05) is 12.2 Å². The third-order valence-corrected chi connectivity index (χ3v) is 3.64. The minimum atomic E-state index is -1.46. The van der Waals surface area contributed by atoms with E-state index in [9.17, 15) is 9.90 Å². The molecule has 0 bridgehead atoms. The third kappa shape index (κ3) is 7.14. The number of quaternary nitrogens is 1. The molecule has 0 aliphatic rings. The molecule has 0 aliphatic heterocycles. The van der Waals surface area contributed by atoms with Crippen LogP contribution < -0.4 is 5.11 Å². The molecule has 0 fully saturated rings. The van der Waals surface area contributed by atoms with Gasteiger partial charge in [-0.05, 0) is 27.7 Å². The Morgan fingerprint density at radius 1 is 1.05 bits per heavy atom. The summed E-state index contributed by atoms with van der Waals surface area (Å²) < 4.78 is 5.05. The maximum absolute atomic E-state index is 9.27. The highest BCUT2D eigenvalue weighted by Gasteiger charge is 2.20. The predicted molar refractivity (Wildman–Crippen MR) is 79.1 cm³/mol. The number of carbonyl (C=O) groups excluding carboxylic acids is 1. The topological polar surface area (TPSA) is 49.4 Å². The minimum Gasteiger partial charge on any atom is -0.550 e. The fraction of sp³-hybridized carbons (Fsp3) is 0.562. The summed E-state index contributed by atoms with van der Waals surface area (Å²) in [6, 6.07) is 10.8. The Morgan fingerprint density at radius 2 is 1.55 bits per heavy atom. The number of nitrogens with zero attached hydrogens (tertiary/aromatic N) is 1. The van der Waals surface area contributed by atoms with Gasteiger partial charge in [0.15, 0.2) is 0 Å². The Morgan fingerprint density at radius 3 is 1.85 bits per heavy atom. The fourth-order valence-corrected chi connectivity index (χ4v) is 2.09. The number of ether oxygens (including phenoxy) is 1. The molecular weight excluding hydrogens is 254 g/mol. The Hall–Kier alpha value is -1.55. The lowest BCUT2D eigenvalue weighted by Crippen LogP contribution is -2.46. The summed E-state index contributed by atoms with van der Waals surface area (Å²) in [7, 11) is 0. The van der Waals surface area contributed by atoms with E-state index in [1.807, 2.05) is 0 Å². The number of benzene rings is 1. The van der Waals surface area contributed by atoms with Crippen molar-refractivity contribution >= 4 is 6.16 Å². The zero-order valence-electron chi connectivity index (χ0n) is 13.1. The van der Waals surface area contributed by atoms with Crippen molar-refractivity contribution in [2.24, 2.45) is 0 Å². The van der Waals surface area contributed by atoms with Gasteiger partial charge in [0.2, 0.25) is 0 Å². The van der Waals surface area contributed by atoms with Crippen molar-refractivity contribution in [1.29, 1.82) is 0 Å². The van der Waals surface area contributed by atoms with Crippen LogP contribution in [0.15, 0.2) is 30.3 Å². The summed E-state index contributed by atoms with van der Waals surface area (Å²) in [5.74, 6) is 0. The van der Waals surface area contributed by atoms with Crippen molar-refractivity contribution in [3.05, 3.63) is 35.9 Å². The van der Waals surface area contributed by atoms with Crippen LogP contribution in [0, 0.1) is 0 Å². The quantitative estimate of drug-likeness (QED) is 0.594. The van der Waals surface area contributed by atoms with Gasteiger partial charge in [-0.2, -0.15) is 0 Å². The van der Waals surface area contributed by atoms with Crippen LogP contribution in [0.2, 0.25) is 0 Å². The Kier molecular flexibility index (Phi) is 9.47. The van der Waals surface area contributed by atoms with Gasteiger partial charge >= 0.3 is 0 Å². The van der Waals surface area contributed by atoms with E-state index in [1.165, 1.54) is 36.2 Å². The van der Waals surface area contributed by atoms with Crippen molar-refractivity contribution in [3.63, 3.8) is 0 Å². The first-order chi connectivity index (χ1) is 9.53. The summed E-state index contributed by atoms with van der Waals surface area (Å²) in [6.45, 7) is 13.5. The molecule has 0 unspecified atom stereocenters. The van der Waals surface area contributed by atoms with Gasteiger partial charge < -0.3 is 19.1 Å². The van der Waals surface area contributed by atoms with E-state index in [2.05, 4.69) is 55.8 Å². The summed E-state index contributed by atoms with van der Waals surface area (Å²) >= 11 is 0. The summed E-state index contributed by atoms with van der Waals surface area (Å²) in [4.78, 5) is 9.27. The summed E-state index contributed by atoms with van der Waals surface area (Å²) in [6.07, 6.45) is -1.46. The van der Waals surface area contributed by atoms with Crippen LogP contribution in [0.5, 0.6) is 0 Å². The first kappa shape index (κ1) is 18.4. The molecule has 0 aliphatic carbocycles. The van der Waals surface area contributed by atoms with Crippen LogP contribution in [-0.2, 0) is 11.3 Å². The standard InChI is InChI=1S/C13H22N.C3H6O3/c1-4-14(5-2,6-3)12-13-10-8-7-9-11-13;1-2-6-3(4)5/h7-11H,4-6,12H2,1-3H3;2H2,1H3,(H,4,5)/q+1;/p-1. The van der Waals surface area contributed by atoms with Crippen molar-refractivity contribution < 1.29 is 19.1 Å². The highest BCUT2D eigenvalue weighted by molar-refractivity contribution is 5.53. The van der Waals surface area contributed by atoms with E-state index in [0.717, 1.165) is 0 Å². The molecule has 4 heteroatoms. The largest absolute Gasteiger partial charge is 0.550 e. The Labute approximate surface area is 122 Å². The van der Waals surface area contributed by atoms with Crippen molar-refractivity contribution in [2.45, 2.75) is 34.2 Å². The lowest BCUT2D eigenvalue weighted by molar-refractivity contribution is -0.936. The molecule has 0 radical (unpaired) electrons. The molecule has 4 nitrogen and oxygen atoms in total. The number of hydrogen-bond acceptors (Lipinski definition) is 3. The van der Waals surface area contributed by atoms with E-state index >= 15 is 0 Å². The SMILES string of the molecule is CCOC(=O)[O-].CC[N+](CC)(CC)Cc1ccccc1. The molecule has 0 saturated carbocycles. The summed E-state index contributed by atoms with van der Waals surface area (Å²) in [5, 5.41) is 9.27. The van der Waals surface area contributed by atoms with Gasteiger partial charge in [-0.15, -0.1) is 0 Å². The van der Waals surface area contributed by atoms with Gasteiger partial charge in [-0.1, -0.05) is 30.3 Å². The van der Waals surface area contributed by atoms with Crippen LogP contribution >= 0.6 is 0 Å². The third-order valence-electron chi connectivity index (χ3n) is 3.64. The molecule has 0 spiro atoms. The zero-order chi connectivity index (χ0) is 15.4. The summed E-state index contributed by atoms with van der Waals surface area (Å²) in [5.41, 5.74) is 1.46. The van der Waals surface area contributed by atoms with Crippen LogP contribution in [0.1, 0.15) is 33.3 Å². The van der Waals surface area contributed by atoms with E-state index in [0.29, 0.717) is 0 Å². The maximum Gasteiger partial charge on any atom is 0.251 e. The van der Waals surface area contributed by atoms with Crippen molar-refractivity contribution in [2.75, 3.05) is 26.2 Å². The molecule has 0 saturated heterocycles. The lowest BCUT2D eigenvalue weighted by atomic mass is 10.2. The van der Waals surface area contributed by atoms with Gasteiger partial charge in [0.05, 0.1) is 19.6 Å². The highest BCUT2D eigenvalue weighted by Crippen LogP contribution is 2.13. The van der Waals surface area contributed by atoms with Crippen LogP contribution in [-0.4, -0.2) is 36.9 Å². The molecule has 0 aromatic heterocycles. The number of rotatable bonds is 6. The molecule has 1 aromatic carbocycles. The van der Waals surface area contributed by atoms with E-state index < -0.39 is 6.16 Å². The molecule has 0 atom stereocenters. The second-order valence-electron chi connectivity index (χ2n) is 4.62. The minimum absolute atomic E-state index is 0.169. The maximum atomic E-state index is 9.27. The smallest absolute Gasteiger partial charge is 0.251 e. The second-order valence-corrected chi connectivity index (χ2v) is 4.62. The molecule has 1 rings (SSSR count). The molecule has 114 valence electrons. The monoisotopic (exact) mass is 281 g/mol. The molecule has 0 amide bonds. The van der Waals surface area contributed by atoms with Crippen LogP contribution in [0.4, 0.5) is 4.79 Å². The van der Waals surface area contributed by atoms with E-state index in [-0.39, 0.29) is 6.61 Å². The fourth-order valence-electron chi connectivity index (χ4n) is 2.09. The van der Waals surface area contributed by atoms with Gasteiger partial charge in [0.25, 0.3) is 6.16 Å². The van der Waals surface area contributed by atoms with Crippen LogP contribution in [0.25, 0.3) is 0 Å². The average molecular weight is 281 g/mol. The van der Waals surface area contributed by atoms with Crippen LogP contribution in [0.3, 0.4) is 0 Å². The Balaban J connectivity index is 0.000000511. The molecule has 0 heterocycles. The number of carbonyl (C=O) groups is 1. The number of carboxylic acid groups (broad SMARTS) is 1. The molecule has 1 aromatic rings. The average Bonchev–Trinajstić information content (AvgIpc) is 2.46. The second kappa shape index (κ2) is 10.3. The van der Waals surface area contributed by atoms with Crippen molar-refractivity contribution in [3.8, 4) is 0 Å². The highest BCUT2D eigenvalue weighted by atomic mass is 16.7. The number of hydrogen-bond donors (Lipinski definition) is 0. The first-order valence-electron chi connectivity index (χ1n) is 7.26. The molecule has 0 N–H and O–H groups in total. The van der Waals surface area contributed by atoms with Gasteiger partial charge in [0.1, 0.15) is 6.54 Å².